The summed E-state index contributed by atoms with van der Waals surface area (Å²) in [6.45, 7) is 2.21. The molecule has 94 valence electrons. The Bertz CT molecular complexity index is 468. The number of phenolic OH excluding ortho intramolecular Hbond substituents is 1. The van der Waals surface area contributed by atoms with Crippen LogP contribution in [-0.4, -0.2) is 5.11 Å². The van der Waals surface area contributed by atoms with Crippen LogP contribution in [0, 0.1) is 0 Å². The Kier molecular flexibility index (Phi) is 4.40. The summed E-state index contributed by atoms with van der Waals surface area (Å²) in [5, 5.41) is 9.22. The summed E-state index contributed by atoms with van der Waals surface area (Å²) >= 11 is 0. The first-order chi connectivity index (χ1) is 8.78. The van der Waals surface area contributed by atoms with E-state index in [-0.39, 0.29) is 0 Å². The maximum absolute atomic E-state index is 9.22. The van der Waals surface area contributed by atoms with E-state index in [0.29, 0.717) is 5.75 Å². The lowest BCUT2D eigenvalue weighted by Crippen LogP contribution is -1.92. The van der Waals surface area contributed by atoms with E-state index in [1.807, 2.05) is 12.1 Å². The first-order valence-electron chi connectivity index (χ1n) is 6.63. The number of benzene rings is 2. The Morgan fingerprint density at radius 1 is 0.667 bits per heavy atom. The van der Waals surface area contributed by atoms with Gasteiger partial charge in [0.05, 0.1) is 0 Å². The fourth-order valence-corrected chi connectivity index (χ4v) is 2.11. The van der Waals surface area contributed by atoms with Crippen molar-refractivity contribution in [1.29, 1.82) is 0 Å². The standard InChI is InChI=1S/C17H20O/c1-2-3-14-4-6-15(7-5-14)8-9-16-10-12-17(18)13-11-16/h4-7,10-13,18H,2-3,8-9H2,1H3. The summed E-state index contributed by atoms with van der Waals surface area (Å²) in [7, 11) is 0. The molecule has 0 spiro atoms. The van der Waals surface area contributed by atoms with Gasteiger partial charge in [-0.3, -0.25) is 0 Å². The SMILES string of the molecule is CCCc1ccc(CCc2ccc(O)cc2)cc1. The fraction of sp³-hybridized carbons (Fsp3) is 0.294. The summed E-state index contributed by atoms with van der Waals surface area (Å²) in [6, 6.07) is 16.4. The van der Waals surface area contributed by atoms with Crippen molar-refractivity contribution in [3.63, 3.8) is 0 Å². The highest BCUT2D eigenvalue weighted by Gasteiger charge is 1.97. The van der Waals surface area contributed by atoms with Crippen LogP contribution in [0.5, 0.6) is 5.75 Å². The van der Waals surface area contributed by atoms with E-state index in [1.165, 1.54) is 23.1 Å². The molecule has 0 atom stereocenters. The molecule has 0 unspecified atom stereocenters. The van der Waals surface area contributed by atoms with Crippen LogP contribution in [0.25, 0.3) is 0 Å². The number of hydrogen-bond acceptors (Lipinski definition) is 1. The van der Waals surface area contributed by atoms with E-state index >= 15 is 0 Å². The molecule has 0 radical (unpaired) electrons. The van der Waals surface area contributed by atoms with Gasteiger partial charge >= 0.3 is 0 Å². The Morgan fingerprint density at radius 2 is 1.06 bits per heavy atom. The highest BCUT2D eigenvalue weighted by atomic mass is 16.3. The molecular weight excluding hydrogens is 220 g/mol. The lowest BCUT2D eigenvalue weighted by molar-refractivity contribution is 0.475. The van der Waals surface area contributed by atoms with Gasteiger partial charge < -0.3 is 5.11 Å². The van der Waals surface area contributed by atoms with Gasteiger partial charge in [-0.25, -0.2) is 0 Å². The molecule has 0 aromatic heterocycles. The molecule has 18 heavy (non-hydrogen) atoms. The van der Waals surface area contributed by atoms with Crippen LogP contribution in [0.3, 0.4) is 0 Å². The third-order valence-corrected chi connectivity index (χ3v) is 3.20. The maximum Gasteiger partial charge on any atom is 0.115 e. The molecule has 2 rings (SSSR count). The van der Waals surface area contributed by atoms with Crippen LogP contribution in [0.15, 0.2) is 48.5 Å². The zero-order valence-electron chi connectivity index (χ0n) is 10.9. The molecule has 0 aliphatic heterocycles. The smallest absolute Gasteiger partial charge is 0.115 e. The van der Waals surface area contributed by atoms with Crippen LogP contribution in [-0.2, 0) is 19.3 Å². The van der Waals surface area contributed by atoms with E-state index in [1.54, 1.807) is 12.1 Å². The van der Waals surface area contributed by atoms with Crippen LogP contribution in [0.1, 0.15) is 30.0 Å². The summed E-state index contributed by atoms with van der Waals surface area (Å²) in [5.41, 5.74) is 4.07. The minimum atomic E-state index is 0.336. The van der Waals surface area contributed by atoms with Gasteiger partial charge in [-0.1, -0.05) is 49.7 Å². The van der Waals surface area contributed by atoms with Gasteiger partial charge in [0.25, 0.3) is 0 Å². The van der Waals surface area contributed by atoms with Crippen LogP contribution < -0.4 is 0 Å². The van der Waals surface area contributed by atoms with E-state index in [4.69, 9.17) is 0 Å². The van der Waals surface area contributed by atoms with Gasteiger partial charge in [-0.15, -0.1) is 0 Å². The lowest BCUT2D eigenvalue weighted by atomic mass is 10.0. The number of aromatic hydroxyl groups is 1. The average Bonchev–Trinajstić information content (AvgIpc) is 2.40. The molecule has 0 aliphatic rings. The van der Waals surface area contributed by atoms with Crippen molar-refractivity contribution in [1.82, 2.24) is 0 Å². The van der Waals surface area contributed by atoms with Gasteiger partial charge in [-0.2, -0.15) is 0 Å². The topological polar surface area (TPSA) is 20.2 Å². The lowest BCUT2D eigenvalue weighted by Gasteiger charge is -2.04. The van der Waals surface area contributed by atoms with Crippen LogP contribution in [0.4, 0.5) is 0 Å². The van der Waals surface area contributed by atoms with Crippen molar-refractivity contribution < 1.29 is 5.11 Å². The third-order valence-electron chi connectivity index (χ3n) is 3.20. The largest absolute Gasteiger partial charge is 0.508 e. The van der Waals surface area contributed by atoms with Gasteiger partial charge in [0.2, 0.25) is 0 Å². The Hall–Kier alpha value is -1.76. The quantitative estimate of drug-likeness (QED) is 0.833. The summed E-state index contributed by atoms with van der Waals surface area (Å²) < 4.78 is 0. The molecule has 0 saturated heterocycles. The first-order valence-corrected chi connectivity index (χ1v) is 6.63. The Balaban J connectivity index is 1.91. The zero-order chi connectivity index (χ0) is 12.8. The Labute approximate surface area is 109 Å². The molecule has 1 heteroatoms. The molecule has 0 fully saturated rings. The molecule has 1 nitrogen and oxygen atoms in total. The number of hydrogen-bond donors (Lipinski definition) is 1. The van der Waals surface area contributed by atoms with Crippen molar-refractivity contribution in [2.24, 2.45) is 0 Å². The van der Waals surface area contributed by atoms with E-state index < -0.39 is 0 Å². The molecule has 0 aliphatic carbocycles. The summed E-state index contributed by atoms with van der Waals surface area (Å²) in [5.74, 6) is 0.336. The summed E-state index contributed by atoms with van der Waals surface area (Å²) in [6.07, 6.45) is 4.44. The van der Waals surface area contributed by atoms with Crippen molar-refractivity contribution in [3.05, 3.63) is 65.2 Å². The molecule has 0 amide bonds. The zero-order valence-corrected chi connectivity index (χ0v) is 10.9. The summed E-state index contributed by atoms with van der Waals surface area (Å²) in [4.78, 5) is 0. The molecule has 2 aromatic carbocycles. The van der Waals surface area contributed by atoms with Crippen molar-refractivity contribution in [3.8, 4) is 5.75 Å². The van der Waals surface area contributed by atoms with Crippen molar-refractivity contribution in [2.75, 3.05) is 0 Å². The normalized spacial score (nSPS) is 10.5. The highest BCUT2D eigenvalue weighted by Crippen LogP contribution is 2.13. The molecule has 2 aromatic rings. The molecule has 0 bridgehead atoms. The van der Waals surface area contributed by atoms with Gasteiger partial charge in [0, 0.05) is 0 Å². The second-order valence-electron chi connectivity index (χ2n) is 4.73. The van der Waals surface area contributed by atoms with Crippen molar-refractivity contribution in [2.45, 2.75) is 32.6 Å². The van der Waals surface area contributed by atoms with E-state index in [0.717, 1.165) is 19.3 Å². The van der Waals surface area contributed by atoms with Gasteiger partial charge in [0.15, 0.2) is 0 Å². The third kappa shape index (κ3) is 3.63. The molecule has 1 N–H and O–H groups in total. The van der Waals surface area contributed by atoms with Crippen molar-refractivity contribution >= 4 is 0 Å². The minimum absolute atomic E-state index is 0.336. The predicted molar refractivity (Wildman–Crippen MR) is 76.0 cm³/mol. The number of aryl methyl sites for hydroxylation is 3. The first kappa shape index (κ1) is 12.7. The van der Waals surface area contributed by atoms with Crippen LogP contribution in [0.2, 0.25) is 0 Å². The monoisotopic (exact) mass is 240 g/mol. The second kappa shape index (κ2) is 6.25. The fourth-order valence-electron chi connectivity index (χ4n) is 2.11. The Morgan fingerprint density at radius 3 is 1.50 bits per heavy atom. The average molecular weight is 240 g/mol. The molecular formula is C17H20O. The number of phenols is 1. The van der Waals surface area contributed by atoms with Gasteiger partial charge in [-0.05, 0) is 48.1 Å². The van der Waals surface area contributed by atoms with E-state index in [9.17, 15) is 5.11 Å². The van der Waals surface area contributed by atoms with Crippen LogP contribution >= 0.6 is 0 Å². The van der Waals surface area contributed by atoms with E-state index in [2.05, 4.69) is 31.2 Å². The highest BCUT2D eigenvalue weighted by molar-refractivity contribution is 5.28. The second-order valence-corrected chi connectivity index (χ2v) is 4.73. The molecule has 0 saturated carbocycles. The van der Waals surface area contributed by atoms with Gasteiger partial charge in [0.1, 0.15) is 5.75 Å². The predicted octanol–water partition coefficient (Wildman–Crippen LogP) is 4.13. The molecule has 0 heterocycles. The number of rotatable bonds is 5. The maximum atomic E-state index is 9.22. The minimum Gasteiger partial charge on any atom is -0.508 e.